The SMILES string of the molecule is Cc1c(C)c2c(c(C)c1OCc1ccccc1C#N)CCC(C)(COc1ccc(C=C3SC(=O)NC3=O)cc1C(F)(F)F)O2. The van der Waals surface area contributed by atoms with Crippen LogP contribution in [-0.2, 0) is 24.0 Å². The van der Waals surface area contributed by atoms with Gasteiger partial charge in [0, 0.05) is 11.1 Å². The molecule has 0 saturated carbocycles. The maximum Gasteiger partial charge on any atom is 0.419 e. The number of nitrogens with zero attached hydrogens (tertiary/aromatic N) is 1. The topological polar surface area (TPSA) is 97.6 Å². The van der Waals surface area contributed by atoms with Crippen LogP contribution in [-0.4, -0.2) is 23.4 Å². The lowest BCUT2D eigenvalue weighted by Crippen LogP contribution is -2.42. The number of hydrogen-bond acceptors (Lipinski definition) is 7. The third kappa shape index (κ3) is 6.26. The lowest BCUT2D eigenvalue weighted by molar-refractivity contribution is -0.139. The zero-order valence-electron chi connectivity index (χ0n) is 24.5. The van der Waals surface area contributed by atoms with Gasteiger partial charge in [-0.15, -0.1) is 0 Å². The number of hydrogen-bond donors (Lipinski definition) is 1. The molecule has 0 radical (unpaired) electrons. The van der Waals surface area contributed by atoms with Gasteiger partial charge in [-0.25, -0.2) is 0 Å². The molecule has 3 aromatic rings. The molecule has 2 aliphatic heterocycles. The van der Waals surface area contributed by atoms with E-state index < -0.39 is 28.5 Å². The van der Waals surface area contributed by atoms with Gasteiger partial charge in [0.2, 0.25) is 0 Å². The molecule has 5 rings (SSSR count). The number of nitriles is 1. The van der Waals surface area contributed by atoms with E-state index in [2.05, 4.69) is 11.4 Å². The molecule has 3 aromatic carbocycles. The number of fused-ring (bicyclic) bond motifs is 1. The van der Waals surface area contributed by atoms with Crippen molar-refractivity contribution in [3.05, 3.63) is 91.9 Å². The lowest BCUT2D eigenvalue weighted by atomic mass is 9.87. The second-order valence-corrected chi connectivity index (χ2v) is 12.0. The molecular weight excluding hydrogens is 593 g/mol. The number of amides is 2. The number of ether oxygens (including phenoxy) is 3. The van der Waals surface area contributed by atoms with Crippen LogP contribution in [0, 0.1) is 32.1 Å². The Kier molecular flexibility index (Phi) is 8.40. The number of carbonyl (C=O) groups excluding carboxylic acids is 2. The number of halogens is 3. The maximum absolute atomic E-state index is 14.0. The molecule has 7 nitrogen and oxygen atoms in total. The van der Waals surface area contributed by atoms with E-state index in [4.69, 9.17) is 14.2 Å². The fourth-order valence-corrected chi connectivity index (χ4v) is 5.97. The van der Waals surface area contributed by atoms with Crippen molar-refractivity contribution in [2.24, 2.45) is 0 Å². The quantitative estimate of drug-likeness (QED) is 0.272. The number of nitrogens with one attached hydrogen (secondary N) is 1. The summed E-state index contributed by atoms with van der Waals surface area (Å²) in [6.07, 6.45) is -2.39. The van der Waals surface area contributed by atoms with E-state index in [9.17, 15) is 28.0 Å². The highest BCUT2D eigenvalue weighted by Gasteiger charge is 2.38. The van der Waals surface area contributed by atoms with Crippen molar-refractivity contribution in [3.8, 4) is 23.3 Å². The minimum absolute atomic E-state index is 0.0140. The molecule has 1 unspecified atom stereocenters. The number of carbonyl (C=O) groups is 2. The lowest BCUT2D eigenvalue weighted by Gasteiger charge is -2.38. The van der Waals surface area contributed by atoms with Gasteiger partial charge in [0.05, 0.1) is 22.1 Å². The highest BCUT2D eigenvalue weighted by atomic mass is 32.2. The fourth-order valence-electron chi connectivity index (χ4n) is 5.29. The normalized spacial score (nSPS) is 18.8. The predicted molar refractivity (Wildman–Crippen MR) is 160 cm³/mol. The van der Waals surface area contributed by atoms with E-state index in [1.165, 1.54) is 18.2 Å². The Morgan fingerprint density at radius 1 is 1.09 bits per heavy atom. The molecule has 1 N–H and O–H groups in total. The molecule has 1 fully saturated rings. The van der Waals surface area contributed by atoms with Crippen molar-refractivity contribution in [2.45, 2.75) is 58.9 Å². The summed E-state index contributed by atoms with van der Waals surface area (Å²) in [6, 6.07) is 13.0. The molecule has 44 heavy (non-hydrogen) atoms. The Labute approximate surface area is 257 Å². The van der Waals surface area contributed by atoms with Gasteiger partial charge in [-0.1, -0.05) is 24.3 Å². The van der Waals surface area contributed by atoms with Gasteiger partial charge in [0.25, 0.3) is 11.1 Å². The Bertz CT molecular complexity index is 1740. The number of rotatable bonds is 7. The summed E-state index contributed by atoms with van der Waals surface area (Å²) in [7, 11) is 0. The first-order valence-electron chi connectivity index (χ1n) is 13.8. The molecule has 228 valence electrons. The molecule has 2 aliphatic rings. The summed E-state index contributed by atoms with van der Waals surface area (Å²) < 4.78 is 60.5. The van der Waals surface area contributed by atoms with Gasteiger partial charge >= 0.3 is 6.18 Å². The van der Waals surface area contributed by atoms with Crippen molar-refractivity contribution in [1.82, 2.24) is 5.32 Å². The van der Waals surface area contributed by atoms with Gasteiger partial charge in [-0.05, 0) is 98.8 Å². The third-order valence-electron chi connectivity index (χ3n) is 7.85. The smallest absolute Gasteiger partial charge is 0.419 e. The largest absolute Gasteiger partial charge is 0.489 e. The minimum atomic E-state index is -4.72. The average Bonchev–Trinajstić information content (AvgIpc) is 3.30. The monoisotopic (exact) mass is 622 g/mol. The molecule has 0 aromatic heterocycles. The zero-order valence-corrected chi connectivity index (χ0v) is 25.3. The van der Waals surface area contributed by atoms with Crippen molar-refractivity contribution in [3.63, 3.8) is 0 Å². The van der Waals surface area contributed by atoms with Gasteiger partial charge in [0.15, 0.2) is 0 Å². The Balaban J connectivity index is 1.35. The highest BCUT2D eigenvalue weighted by molar-refractivity contribution is 8.18. The summed E-state index contributed by atoms with van der Waals surface area (Å²) in [6.45, 7) is 7.70. The van der Waals surface area contributed by atoms with Gasteiger partial charge in [-0.2, -0.15) is 18.4 Å². The van der Waals surface area contributed by atoms with Crippen molar-refractivity contribution >= 4 is 29.0 Å². The molecule has 11 heteroatoms. The van der Waals surface area contributed by atoms with E-state index in [-0.39, 0.29) is 29.4 Å². The van der Waals surface area contributed by atoms with Gasteiger partial charge in [0.1, 0.15) is 36.1 Å². The molecule has 2 amide bonds. The van der Waals surface area contributed by atoms with Crippen LogP contribution in [0.15, 0.2) is 47.4 Å². The van der Waals surface area contributed by atoms with Crippen LogP contribution in [0.3, 0.4) is 0 Å². The van der Waals surface area contributed by atoms with Crippen LogP contribution in [0.1, 0.15) is 57.9 Å². The number of imide groups is 1. The van der Waals surface area contributed by atoms with Gasteiger partial charge in [-0.3, -0.25) is 14.9 Å². The van der Waals surface area contributed by atoms with Crippen molar-refractivity contribution in [1.29, 1.82) is 5.26 Å². The molecule has 2 heterocycles. The fraction of sp³-hybridized carbons (Fsp3) is 0.303. The van der Waals surface area contributed by atoms with Gasteiger partial charge < -0.3 is 14.2 Å². The molecule has 0 aliphatic carbocycles. The van der Waals surface area contributed by atoms with E-state index in [1.54, 1.807) is 12.1 Å². The first kappa shape index (κ1) is 31.0. The number of benzene rings is 3. The molecule has 1 atom stereocenters. The van der Waals surface area contributed by atoms with E-state index in [0.29, 0.717) is 35.9 Å². The summed E-state index contributed by atoms with van der Waals surface area (Å²) in [5, 5.41) is 10.9. The van der Waals surface area contributed by atoms with Crippen LogP contribution in [0.25, 0.3) is 6.08 Å². The maximum atomic E-state index is 14.0. The average molecular weight is 623 g/mol. The Morgan fingerprint density at radius 3 is 2.52 bits per heavy atom. The number of alkyl halides is 3. The summed E-state index contributed by atoms with van der Waals surface area (Å²) >= 11 is 0.629. The van der Waals surface area contributed by atoms with E-state index in [1.807, 2.05) is 39.8 Å². The first-order valence-corrected chi connectivity index (χ1v) is 14.6. The second-order valence-electron chi connectivity index (χ2n) is 11.0. The second kappa shape index (κ2) is 11.9. The van der Waals surface area contributed by atoms with Crippen molar-refractivity contribution < 1.29 is 37.0 Å². The van der Waals surface area contributed by atoms with Crippen LogP contribution in [0.4, 0.5) is 18.0 Å². The summed E-state index contributed by atoms with van der Waals surface area (Å²) in [5.74, 6) is 0.378. The van der Waals surface area contributed by atoms with Crippen molar-refractivity contribution in [2.75, 3.05) is 6.61 Å². The molecular formula is C33H29F3N2O5S. The Morgan fingerprint density at radius 2 is 1.84 bits per heavy atom. The molecule has 0 bridgehead atoms. The molecule has 1 saturated heterocycles. The first-order chi connectivity index (χ1) is 20.8. The predicted octanol–water partition coefficient (Wildman–Crippen LogP) is 7.57. The standard InChI is InChI=1S/C33H29F3N2O5S/c1-18-19(2)29-24(20(3)28(18)41-16-23-8-6-5-7-22(23)15-37)11-12-32(4,43-29)17-42-26-10-9-21(13-25(26)33(34,35)36)14-27-30(39)38-31(40)44-27/h5-10,13-14H,11-12,16-17H2,1-4H3,(H,38,39,40). The van der Waals surface area contributed by atoms with E-state index in [0.717, 1.165) is 39.6 Å². The zero-order chi connectivity index (χ0) is 31.8. The molecule has 0 spiro atoms. The summed E-state index contributed by atoms with van der Waals surface area (Å²) in [4.78, 5) is 23.3. The Hall–Kier alpha value is -4.43. The van der Waals surface area contributed by atoms with Crippen LogP contribution >= 0.6 is 11.8 Å². The summed E-state index contributed by atoms with van der Waals surface area (Å²) in [5.41, 5.74) is 3.16. The third-order valence-corrected chi connectivity index (χ3v) is 8.67. The number of thioether (sulfide) groups is 1. The van der Waals surface area contributed by atoms with E-state index >= 15 is 0 Å². The van der Waals surface area contributed by atoms with Crippen LogP contribution in [0.5, 0.6) is 17.2 Å². The van der Waals surface area contributed by atoms with Crippen LogP contribution in [0.2, 0.25) is 0 Å². The van der Waals surface area contributed by atoms with Crippen LogP contribution < -0.4 is 19.5 Å². The highest BCUT2D eigenvalue weighted by Crippen LogP contribution is 2.45. The minimum Gasteiger partial charge on any atom is -0.489 e.